The number of rotatable bonds is 2. The van der Waals surface area contributed by atoms with E-state index in [4.69, 9.17) is 4.79 Å². The van der Waals surface area contributed by atoms with E-state index in [-0.39, 0.29) is 0 Å². The average Bonchev–Trinajstić information content (AvgIpc) is 2.78. The molecular formula is C15H20BrNO2. The summed E-state index contributed by atoms with van der Waals surface area (Å²) in [6, 6.07) is 7.49. The van der Waals surface area contributed by atoms with Crippen molar-refractivity contribution in [1.82, 2.24) is 4.90 Å². The van der Waals surface area contributed by atoms with Crippen molar-refractivity contribution in [3.63, 3.8) is 0 Å². The lowest BCUT2D eigenvalue weighted by Gasteiger charge is -2.42. The molecule has 1 saturated heterocycles. The highest BCUT2D eigenvalue weighted by molar-refractivity contribution is 9.10. The number of carbonyl (C=O) groups excluding carboxylic acids is 1. The predicted molar refractivity (Wildman–Crippen MR) is 79.0 cm³/mol. The maximum absolute atomic E-state index is 8.95. The quantitative estimate of drug-likeness (QED) is 0.782. The molecule has 2 aliphatic rings. The first-order valence-electron chi connectivity index (χ1n) is 6.64. The molecule has 0 aromatic heterocycles. The van der Waals surface area contributed by atoms with Crippen LogP contribution in [-0.4, -0.2) is 31.6 Å². The Hall–Kier alpha value is -0.870. The van der Waals surface area contributed by atoms with Crippen molar-refractivity contribution in [2.75, 3.05) is 20.2 Å². The fourth-order valence-corrected chi connectivity index (χ4v) is 3.35. The first-order chi connectivity index (χ1) is 9.15. The fourth-order valence-electron chi connectivity index (χ4n) is 2.94. The van der Waals surface area contributed by atoms with Crippen LogP contribution in [0.1, 0.15) is 30.5 Å². The summed E-state index contributed by atoms with van der Waals surface area (Å²) in [5.41, 5.74) is 3.12. The molecule has 1 aliphatic carbocycles. The summed E-state index contributed by atoms with van der Waals surface area (Å²) in [4.78, 5) is 11.6. The Labute approximate surface area is 123 Å². The van der Waals surface area contributed by atoms with Crippen LogP contribution >= 0.6 is 15.9 Å². The van der Waals surface area contributed by atoms with Gasteiger partial charge in [0.15, 0.2) is 0 Å². The van der Waals surface area contributed by atoms with E-state index in [0.717, 1.165) is 5.92 Å². The van der Waals surface area contributed by atoms with Gasteiger partial charge in [0.05, 0.1) is 7.11 Å². The molecule has 3 nitrogen and oxygen atoms in total. The molecule has 1 atom stereocenters. The highest BCUT2D eigenvalue weighted by atomic mass is 79.9. The Kier molecular flexibility index (Phi) is 4.99. The Balaban J connectivity index is 0.000000297. The molecule has 1 aliphatic heterocycles. The van der Waals surface area contributed by atoms with Gasteiger partial charge in [-0.3, -0.25) is 9.69 Å². The Morgan fingerprint density at radius 2 is 2.11 bits per heavy atom. The number of hydrogen-bond donors (Lipinski definition) is 0. The van der Waals surface area contributed by atoms with Crippen LogP contribution < -0.4 is 0 Å². The molecule has 19 heavy (non-hydrogen) atoms. The third-order valence-corrected chi connectivity index (χ3v) is 4.27. The van der Waals surface area contributed by atoms with E-state index >= 15 is 0 Å². The summed E-state index contributed by atoms with van der Waals surface area (Å²) in [5.74, 6) is 0.907. The monoisotopic (exact) mass is 325 g/mol. The van der Waals surface area contributed by atoms with Crippen molar-refractivity contribution >= 4 is 22.4 Å². The Bertz CT molecular complexity index is 444. The summed E-state index contributed by atoms with van der Waals surface area (Å²) < 4.78 is 5.08. The number of halogens is 1. The minimum Gasteiger partial charge on any atom is -0.471 e. The smallest absolute Gasteiger partial charge is 0.292 e. The Morgan fingerprint density at radius 1 is 1.42 bits per heavy atom. The summed E-state index contributed by atoms with van der Waals surface area (Å²) in [6.07, 6.45) is 2.57. The molecular weight excluding hydrogens is 306 g/mol. The van der Waals surface area contributed by atoms with Crippen LogP contribution in [0, 0.1) is 5.92 Å². The largest absolute Gasteiger partial charge is 0.471 e. The van der Waals surface area contributed by atoms with E-state index in [2.05, 4.69) is 50.7 Å². The molecule has 0 radical (unpaired) electrons. The molecule has 1 heterocycles. The molecule has 0 N–H and O–H groups in total. The molecule has 1 fully saturated rings. The van der Waals surface area contributed by atoms with Crippen LogP contribution in [0.4, 0.5) is 0 Å². The van der Waals surface area contributed by atoms with E-state index in [1.165, 1.54) is 37.5 Å². The van der Waals surface area contributed by atoms with Gasteiger partial charge in [-0.25, -0.2) is 0 Å². The molecule has 0 bridgehead atoms. The zero-order chi connectivity index (χ0) is 13.8. The summed E-state index contributed by atoms with van der Waals surface area (Å²) >= 11 is 3.55. The number of methoxy groups -OCH3 is 1. The SMILES string of the molecule is CC1CN(C2CCc3cc(Br)ccc32)C1.COC=O. The van der Waals surface area contributed by atoms with Gasteiger partial charge in [0, 0.05) is 23.6 Å². The van der Waals surface area contributed by atoms with Crippen LogP contribution in [0.5, 0.6) is 0 Å². The van der Waals surface area contributed by atoms with Crippen LogP contribution in [0.15, 0.2) is 22.7 Å². The lowest BCUT2D eigenvalue weighted by molar-refractivity contribution is -0.126. The standard InChI is InChI=1S/C13H16BrN.C2H4O2/c1-9-7-15(8-9)13-5-2-10-6-11(14)3-4-12(10)13;1-4-2-3/h3-4,6,9,13H,2,5,7-8H2,1H3;2H,1H3. The first kappa shape index (κ1) is 14.5. The van der Waals surface area contributed by atoms with Gasteiger partial charge >= 0.3 is 0 Å². The molecule has 0 saturated carbocycles. The van der Waals surface area contributed by atoms with Gasteiger partial charge in [-0.1, -0.05) is 28.9 Å². The lowest BCUT2D eigenvalue weighted by Crippen LogP contribution is -2.46. The minimum atomic E-state index is 0.375. The number of carbonyl (C=O) groups is 1. The third-order valence-electron chi connectivity index (χ3n) is 3.78. The average molecular weight is 326 g/mol. The minimum absolute atomic E-state index is 0.375. The van der Waals surface area contributed by atoms with E-state index in [1.54, 1.807) is 11.1 Å². The van der Waals surface area contributed by atoms with Crippen molar-refractivity contribution in [1.29, 1.82) is 0 Å². The first-order valence-corrected chi connectivity index (χ1v) is 7.43. The maximum Gasteiger partial charge on any atom is 0.292 e. The van der Waals surface area contributed by atoms with Gasteiger partial charge in [-0.05, 0) is 42.0 Å². The van der Waals surface area contributed by atoms with Crippen molar-refractivity contribution in [3.05, 3.63) is 33.8 Å². The van der Waals surface area contributed by atoms with Gasteiger partial charge < -0.3 is 4.74 Å². The van der Waals surface area contributed by atoms with E-state index in [9.17, 15) is 0 Å². The number of fused-ring (bicyclic) bond motifs is 1. The Morgan fingerprint density at radius 3 is 2.68 bits per heavy atom. The van der Waals surface area contributed by atoms with Crippen LogP contribution in [0.3, 0.4) is 0 Å². The maximum atomic E-state index is 8.95. The molecule has 1 aromatic rings. The van der Waals surface area contributed by atoms with Crippen LogP contribution in [0.25, 0.3) is 0 Å². The van der Waals surface area contributed by atoms with Crippen LogP contribution in [0.2, 0.25) is 0 Å². The van der Waals surface area contributed by atoms with Crippen LogP contribution in [-0.2, 0) is 16.0 Å². The molecule has 0 spiro atoms. The van der Waals surface area contributed by atoms with Crippen molar-refractivity contribution in [3.8, 4) is 0 Å². The van der Waals surface area contributed by atoms with E-state index < -0.39 is 0 Å². The van der Waals surface area contributed by atoms with Crippen molar-refractivity contribution in [2.45, 2.75) is 25.8 Å². The third kappa shape index (κ3) is 3.37. The number of nitrogens with zero attached hydrogens (tertiary/aromatic N) is 1. The molecule has 1 unspecified atom stereocenters. The summed E-state index contributed by atoms with van der Waals surface area (Å²) in [5, 5.41) is 0. The van der Waals surface area contributed by atoms with Gasteiger partial charge in [0.25, 0.3) is 6.47 Å². The number of ether oxygens (including phenoxy) is 1. The second-order valence-electron chi connectivity index (χ2n) is 5.29. The van der Waals surface area contributed by atoms with Gasteiger partial charge in [-0.15, -0.1) is 0 Å². The molecule has 4 heteroatoms. The molecule has 3 rings (SSSR count). The normalized spacial score (nSPS) is 21.9. The molecule has 1 aromatic carbocycles. The summed E-state index contributed by atoms with van der Waals surface area (Å²) in [7, 11) is 1.31. The second kappa shape index (κ2) is 6.53. The van der Waals surface area contributed by atoms with Gasteiger partial charge in [0.1, 0.15) is 0 Å². The topological polar surface area (TPSA) is 29.5 Å². The number of likely N-dealkylation sites (tertiary alicyclic amines) is 1. The number of hydrogen-bond acceptors (Lipinski definition) is 3. The zero-order valence-corrected chi connectivity index (χ0v) is 13.0. The predicted octanol–water partition coefficient (Wildman–Crippen LogP) is 3.18. The van der Waals surface area contributed by atoms with Crippen molar-refractivity contribution < 1.29 is 9.53 Å². The fraction of sp³-hybridized carbons (Fsp3) is 0.533. The second-order valence-corrected chi connectivity index (χ2v) is 6.20. The lowest BCUT2D eigenvalue weighted by atomic mass is 9.97. The molecule has 104 valence electrons. The summed E-state index contributed by atoms with van der Waals surface area (Å²) in [6.45, 7) is 5.30. The van der Waals surface area contributed by atoms with E-state index in [1.807, 2.05) is 0 Å². The number of benzene rings is 1. The molecule has 0 amide bonds. The number of aryl methyl sites for hydroxylation is 1. The van der Waals surface area contributed by atoms with E-state index in [0.29, 0.717) is 12.5 Å². The zero-order valence-electron chi connectivity index (χ0n) is 11.4. The van der Waals surface area contributed by atoms with Gasteiger partial charge in [0.2, 0.25) is 0 Å². The van der Waals surface area contributed by atoms with Crippen molar-refractivity contribution in [2.24, 2.45) is 5.92 Å². The highest BCUT2D eigenvalue weighted by Crippen LogP contribution is 2.39. The highest BCUT2D eigenvalue weighted by Gasteiger charge is 2.34. The van der Waals surface area contributed by atoms with Gasteiger partial charge in [-0.2, -0.15) is 0 Å².